The van der Waals surface area contributed by atoms with Gasteiger partial charge in [0.1, 0.15) is 11.6 Å². The summed E-state index contributed by atoms with van der Waals surface area (Å²) in [6.45, 7) is 3.19. The molecule has 28 heavy (non-hydrogen) atoms. The zero-order valence-corrected chi connectivity index (χ0v) is 16.1. The van der Waals surface area contributed by atoms with Gasteiger partial charge in [-0.15, -0.1) is 0 Å². The van der Waals surface area contributed by atoms with E-state index in [-0.39, 0.29) is 27.3 Å². The molecular formula is C22H17ClN2O3. The maximum atomic E-state index is 13.1. The lowest BCUT2D eigenvalue weighted by atomic mass is 9.96. The van der Waals surface area contributed by atoms with Gasteiger partial charge >= 0.3 is 0 Å². The second-order valence-electron chi connectivity index (χ2n) is 6.38. The van der Waals surface area contributed by atoms with Crippen LogP contribution in [0.1, 0.15) is 45.6 Å². The third-order valence-electron chi connectivity index (χ3n) is 4.76. The van der Waals surface area contributed by atoms with Crippen LogP contribution in [-0.4, -0.2) is 15.5 Å². The molecule has 0 amide bonds. The van der Waals surface area contributed by atoms with E-state index >= 15 is 0 Å². The molecule has 3 rings (SSSR count). The number of rotatable bonds is 4. The predicted octanol–water partition coefficient (Wildman–Crippen LogP) is 4.23. The first-order valence-corrected chi connectivity index (χ1v) is 8.98. The zero-order valence-electron chi connectivity index (χ0n) is 15.3. The fraction of sp³-hybridized carbons (Fsp3) is 0.136. The minimum absolute atomic E-state index is 0.105. The molecule has 0 fully saturated rings. The highest BCUT2D eigenvalue weighted by molar-refractivity contribution is 6.35. The van der Waals surface area contributed by atoms with E-state index in [1.54, 1.807) is 37.3 Å². The van der Waals surface area contributed by atoms with E-state index < -0.39 is 23.3 Å². The number of halogens is 1. The number of aromatic nitrogens is 1. The van der Waals surface area contributed by atoms with Crippen molar-refractivity contribution in [3.63, 3.8) is 0 Å². The highest BCUT2D eigenvalue weighted by Crippen LogP contribution is 2.30. The Morgan fingerprint density at radius 1 is 1.14 bits per heavy atom. The van der Waals surface area contributed by atoms with Crippen molar-refractivity contribution in [3.05, 3.63) is 97.8 Å². The molecule has 0 bridgehead atoms. The topological polar surface area (TPSA) is 83.1 Å². The van der Waals surface area contributed by atoms with Crippen LogP contribution in [0.5, 0.6) is 5.88 Å². The number of nitrogens with zero attached hydrogens (tertiary/aromatic N) is 2. The summed E-state index contributed by atoms with van der Waals surface area (Å²) in [5, 5.41) is 20.7. The van der Waals surface area contributed by atoms with Crippen LogP contribution in [0.2, 0.25) is 5.02 Å². The molecule has 1 atom stereocenters. The molecule has 3 aromatic rings. The van der Waals surface area contributed by atoms with Crippen LogP contribution in [0.3, 0.4) is 0 Å². The Kier molecular flexibility index (Phi) is 5.34. The highest BCUT2D eigenvalue weighted by atomic mass is 35.5. The summed E-state index contributed by atoms with van der Waals surface area (Å²) in [6.07, 6.45) is 0. The number of hydrogen-bond acceptors (Lipinski definition) is 4. The van der Waals surface area contributed by atoms with Gasteiger partial charge in [-0.3, -0.25) is 14.2 Å². The molecule has 6 heteroatoms. The second-order valence-corrected chi connectivity index (χ2v) is 6.79. The predicted molar refractivity (Wildman–Crippen MR) is 107 cm³/mol. The van der Waals surface area contributed by atoms with Crippen LogP contribution >= 0.6 is 11.6 Å². The van der Waals surface area contributed by atoms with Gasteiger partial charge in [0.15, 0.2) is 5.78 Å². The Hall–Kier alpha value is -3.36. The lowest BCUT2D eigenvalue weighted by molar-refractivity contribution is 0.103. The molecular weight excluding hydrogens is 376 g/mol. The first-order chi connectivity index (χ1) is 13.4. The van der Waals surface area contributed by atoms with Gasteiger partial charge in [0.05, 0.1) is 16.6 Å². The van der Waals surface area contributed by atoms with Crippen molar-refractivity contribution in [1.29, 1.82) is 5.26 Å². The van der Waals surface area contributed by atoms with Gasteiger partial charge < -0.3 is 5.11 Å². The first kappa shape index (κ1) is 19.4. The monoisotopic (exact) mass is 392 g/mol. The number of hydrogen-bond donors (Lipinski definition) is 1. The molecule has 1 unspecified atom stereocenters. The lowest BCUT2D eigenvalue weighted by Crippen LogP contribution is -2.29. The molecule has 1 N–H and O–H groups in total. The lowest BCUT2D eigenvalue weighted by Gasteiger charge is -2.21. The molecule has 0 aliphatic carbocycles. The molecule has 2 aromatic carbocycles. The number of carbonyl (C=O) groups is 1. The van der Waals surface area contributed by atoms with Crippen molar-refractivity contribution >= 4 is 17.4 Å². The van der Waals surface area contributed by atoms with Crippen molar-refractivity contribution in [3.8, 4) is 11.9 Å². The Bertz CT molecular complexity index is 1160. The van der Waals surface area contributed by atoms with Crippen molar-refractivity contribution in [2.45, 2.75) is 19.9 Å². The minimum Gasteiger partial charge on any atom is -0.494 e. The summed E-state index contributed by atoms with van der Waals surface area (Å²) < 4.78 is 1.07. The van der Waals surface area contributed by atoms with Gasteiger partial charge in [-0.2, -0.15) is 5.26 Å². The van der Waals surface area contributed by atoms with Gasteiger partial charge in [0.25, 0.3) is 5.56 Å². The number of ketones is 1. The molecule has 0 saturated heterocycles. The van der Waals surface area contributed by atoms with E-state index in [1.165, 1.54) is 13.0 Å². The fourth-order valence-electron chi connectivity index (χ4n) is 3.21. The van der Waals surface area contributed by atoms with Crippen LogP contribution in [0, 0.1) is 18.3 Å². The average Bonchev–Trinajstić information content (AvgIpc) is 2.69. The van der Waals surface area contributed by atoms with Gasteiger partial charge in [-0.25, -0.2) is 0 Å². The zero-order chi connectivity index (χ0) is 20.4. The van der Waals surface area contributed by atoms with E-state index in [4.69, 9.17) is 11.6 Å². The summed E-state index contributed by atoms with van der Waals surface area (Å²) in [5.74, 6) is -1.03. The standard InChI is InChI=1S/C22H17ClN2O3/c1-13-17(12-24)21(27)25(14(2)15-8-4-3-5-9-15)22(28)19(13)20(26)16-10-6-7-11-18(16)23/h3-11,14,28H,1-2H3. The number of nitriles is 1. The molecule has 0 radical (unpaired) electrons. The molecule has 0 spiro atoms. The Morgan fingerprint density at radius 3 is 2.36 bits per heavy atom. The van der Waals surface area contributed by atoms with Crippen LogP contribution in [-0.2, 0) is 0 Å². The maximum absolute atomic E-state index is 13.1. The summed E-state index contributed by atoms with van der Waals surface area (Å²) in [5.41, 5.74) is 0.131. The minimum atomic E-state index is -0.649. The van der Waals surface area contributed by atoms with E-state index in [1.807, 2.05) is 24.3 Å². The van der Waals surface area contributed by atoms with Crippen molar-refractivity contribution in [2.24, 2.45) is 0 Å². The molecule has 0 aliphatic rings. The molecule has 1 heterocycles. The van der Waals surface area contributed by atoms with E-state index in [0.29, 0.717) is 0 Å². The van der Waals surface area contributed by atoms with Gasteiger partial charge in [0.2, 0.25) is 5.88 Å². The fourth-order valence-corrected chi connectivity index (χ4v) is 3.44. The van der Waals surface area contributed by atoms with E-state index in [2.05, 4.69) is 0 Å². The highest BCUT2D eigenvalue weighted by Gasteiger charge is 2.28. The third-order valence-corrected chi connectivity index (χ3v) is 5.09. The average molecular weight is 393 g/mol. The Morgan fingerprint density at radius 2 is 1.75 bits per heavy atom. The van der Waals surface area contributed by atoms with Crippen molar-refractivity contribution in [1.82, 2.24) is 4.57 Å². The Balaban J connectivity index is 2.31. The SMILES string of the molecule is Cc1c(C(=O)c2ccccc2Cl)c(O)n(C(C)c2ccccc2)c(=O)c1C#N. The molecule has 0 saturated carbocycles. The number of benzene rings is 2. The van der Waals surface area contributed by atoms with Crippen LogP contribution in [0.25, 0.3) is 0 Å². The summed E-state index contributed by atoms with van der Waals surface area (Å²) in [7, 11) is 0. The number of carbonyl (C=O) groups excluding carboxylic acids is 1. The largest absolute Gasteiger partial charge is 0.494 e. The maximum Gasteiger partial charge on any atom is 0.272 e. The van der Waals surface area contributed by atoms with Crippen molar-refractivity contribution in [2.75, 3.05) is 0 Å². The quantitative estimate of drug-likeness (QED) is 0.673. The normalized spacial score (nSPS) is 11.6. The van der Waals surface area contributed by atoms with Gasteiger partial charge in [-0.1, -0.05) is 54.1 Å². The third kappa shape index (κ3) is 3.19. The van der Waals surface area contributed by atoms with Crippen molar-refractivity contribution < 1.29 is 9.90 Å². The molecule has 140 valence electrons. The molecule has 0 aliphatic heterocycles. The van der Waals surface area contributed by atoms with E-state index in [0.717, 1.165) is 10.1 Å². The van der Waals surface area contributed by atoms with Gasteiger partial charge in [-0.05, 0) is 37.1 Å². The first-order valence-electron chi connectivity index (χ1n) is 8.60. The number of aromatic hydroxyl groups is 1. The van der Waals surface area contributed by atoms with Gasteiger partial charge in [0, 0.05) is 5.56 Å². The number of pyridine rings is 1. The Labute approximate surface area is 167 Å². The van der Waals surface area contributed by atoms with E-state index in [9.17, 15) is 20.0 Å². The summed E-state index contributed by atoms with van der Waals surface area (Å²) >= 11 is 6.14. The summed E-state index contributed by atoms with van der Waals surface area (Å²) in [4.78, 5) is 26.0. The summed E-state index contributed by atoms with van der Waals surface area (Å²) in [6, 6.07) is 16.8. The van der Waals surface area contributed by atoms with Crippen LogP contribution in [0.15, 0.2) is 59.4 Å². The molecule has 5 nitrogen and oxygen atoms in total. The second kappa shape index (κ2) is 7.71. The van der Waals surface area contributed by atoms with Crippen LogP contribution in [0.4, 0.5) is 0 Å². The molecule has 1 aromatic heterocycles. The smallest absolute Gasteiger partial charge is 0.272 e. The van der Waals surface area contributed by atoms with Crippen LogP contribution < -0.4 is 5.56 Å².